The first-order valence-corrected chi connectivity index (χ1v) is 6.38. The number of hydrogen-bond donors (Lipinski definition) is 1. The van der Waals surface area contributed by atoms with Crippen LogP contribution in [0.25, 0.3) is 0 Å². The van der Waals surface area contributed by atoms with E-state index in [1.54, 1.807) is 5.57 Å². The summed E-state index contributed by atoms with van der Waals surface area (Å²) in [5, 5.41) is 3.51. The van der Waals surface area contributed by atoms with Crippen molar-refractivity contribution in [3.63, 3.8) is 0 Å². The van der Waals surface area contributed by atoms with Crippen molar-refractivity contribution in [1.29, 1.82) is 0 Å². The molecule has 0 aromatic heterocycles. The number of nitrogens with one attached hydrogen (secondary N) is 1. The molecule has 0 amide bonds. The molecule has 2 heteroatoms. The molecule has 1 aliphatic carbocycles. The minimum absolute atomic E-state index is 0.470. The molecule has 0 bridgehead atoms. The monoisotopic (exact) mass is 209 g/mol. The quantitative estimate of drug-likeness (QED) is 0.555. The maximum Gasteiger partial charge on any atom is 0.0704 e. The topological polar surface area (TPSA) is 21.3 Å². The van der Waals surface area contributed by atoms with Crippen LogP contribution in [0.3, 0.4) is 0 Å². The van der Waals surface area contributed by atoms with Crippen LogP contribution in [0.15, 0.2) is 11.6 Å². The maximum atomic E-state index is 5.76. The highest BCUT2D eigenvalue weighted by Crippen LogP contribution is 2.20. The Morgan fingerprint density at radius 2 is 2.40 bits per heavy atom. The summed E-state index contributed by atoms with van der Waals surface area (Å²) in [5.74, 6) is 0. The van der Waals surface area contributed by atoms with Gasteiger partial charge in [-0.05, 0) is 52.0 Å². The van der Waals surface area contributed by atoms with Gasteiger partial charge in [0.2, 0.25) is 0 Å². The molecule has 1 saturated heterocycles. The Kier molecular flexibility index (Phi) is 4.21. The second-order valence-corrected chi connectivity index (χ2v) is 4.85. The van der Waals surface area contributed by atoms with Crippen molar-refractivity contribution < 1.29 is 4.74 Å². The standard InChI is InChI=1S/C13H23NO/c1-11-6-7-13(15-11)10-14-9-8-12-4-2-3-5-12/h4,11,13-14H,2-3,5-10H2,1H3. The highest BCUT2D eigenvalue weighted by Gasteiger charge is 2.20. The van der Waals surface area contributed by atoms with Crippen molar-refractivity contribution in [3.05, 3.63) is 11.6 Å². The Balaban J connectivity index is 1.51. The average molecular weight is 209 g/mol. The number of rotatable bonds is 5. The van der Waals surface area contributed by atoms with Crippen LogP contribution in [-0.2, 0) is 4.74 Å². The normalized spacial score (nSPS) is 30.9. The zero-order chi connectivity index (χ0) is 10.5. The molecule has 1 aliphatic heterocycles. The van der Waals surface area contributed by atoms with Crippen molar-refractivity contribution in [3.8, 4) is 0 Å². The van der Waals surface area contributed by atoms with Gasteiger partial charge in [-0.25, -0.2) is 0 Å². The molecule has 0 aromatic carbocycles. The summed E-state index contributed by atoms with van der Waals surface area (Å²) in [7, 11) is 0. The smallest absolute Gasteiger partial charge is 0.0704 e. The summed E-state index contributed by atoms with van der Waals surface area (Å²) < 4.78 is 5.76. The van der Waals surface area contributed by atoms with E-state index in [0.717, 1.165) is 13.1 Å². The van der Waals surface area contributed by atoms with Crippen LogP contribution in [0.1, 0.15) is 45.4 Å². The Labute approximate surface area is 93.1 Å². The van der Waals surface area contributed by atoms with E-state index in [9.17, 15) is 0 Å². The molecule has 2 atom stereocenters. The van der Waals surface area contributed by atoms with E-state index in [1.807, 2.05) is 0 Å². The molecule has 2 rings (SSSR count). The third-order valence-electron chi connectivity index (χ3n) is 3.45. The average Bonchev–Trinajstić information content (AvgIpc) is 2.84. The molecule has 15 heavy (non-hydrogen) atoms. The van der Waals surface area contributed by atoms with E-state index < -0.39 is 0 Å². The third kappa shape index (κ3) is 3.62. The zero-order valence-electron chi connectivity index (χ0n) is 9.80. The Morgan fingerprint density at radius 1 is 1.47 bits per heavy atom. The molecule has 2 unspecified atom stereocenters. The van der Waals surface area contributed by atoms with Gasteiger partial charge in [0.15, 0.2) is 0 Å². The van der Waals surface area contributed by atoms with Crippen molar-refractivity contribution in [2.75, 3.05) is 13.1 Å². The second-order valence-electron chi connectivity index (χ2n) is 4.85. The highest BCUT2D eigenvalue weighted by molar-refractivity contribution is 5.07. The van der Waals surface area contributed by atoms with E-state index in [0.29, 0.717) is 12.2 Å². The molecule has 2 aliphatic rings. The number of ether oxygens (including phenoxy) is 1. The van der Waals surface area contributed by atoms with Crippen LogP contribution in [0.5, 0.6) is 0 Å². The molecule has 86 valence electrons. The van der Waals surface area contributed by atoms with Gasteiger partial charge in [0, 0.05) is 6.54 Å². The fraction of sp³-hybridized carbons (Fsp3) is 0.846. The van der Waals surface area contributed by atoms with E-state index in [2.05, 4.69) is 18.3 Å². The summed E-state index contributed by atoms with van der Waals surface area (Å²) in [6, 6.07) is 0. The van der Waals surface area contributed by atoms with Crippen LogP contribution >= 0.6 is 0 Å². The van der Waals surface area contributed by atoms with Gasteiger partial charge in [-0.1, -0.05) is 11.6 Å². The van der Waals surface area contributed by atoms with Crippen LogP contribution in [-0.4, -0.2) is 25.3 Å². The molecule has 1 fully saturated rings. The largest absolute Gasteiger partial charge is 0.374 e. The Bertz CT molecular complexity index is 225. The second kappa shape index (κ2) is 5.66. The summed E-state index contributed by atoms with van der Waals surface area (Å²) >= 11 is 0. The van der Waals surface area contributed by atoms with Gasteiger partial charge in [-0.3, -0.25) is 0 Å². The van der Waals surface area contributed by atoms with Crippen molar-refractivity contribution in [2.45, 2.75) is 57.7 Å². The van der Waals surface area contributed by atoms with Gasteiger partial charge >= 0.3 is 0 Å². The zero-order valence-corrected chi connectivity index (χ0v) is 9.80. The van der Waals surface area contributed by atoms with Crippen LogP contribution in [0.2, 0.25) is 0 Å². The van der Waals surface area contributed by atoms with Gasteiger partial charge in [0.25, 0.3) is 0 Å². The lowest BCUT2D eigenvalue weighted by Gasteiger charge is -2.12. The third-order valence-corrected chi connectivity index (χ3v) is 3.45. The van der Waals surface area contributed by atoms with Crippen LogP contribution < -0.4 is 5.32 Å². The minimum atomic E-state index is 0.470. The molecule has 0 radical (unpaired) electrons. The SMILES string of the molecule is CC1CCC(CNCCC2=CCCC2)O1. The lowest BCUT2D eigenvalue weighted by Crippen LogP contribution is -2.27. The molecule has 1 heterocycles. The molecule has 0 saturated carbocycles. The predicted molar refractivity (Wildman–Crippen MR) is 63.0 cm³/mol. The van der Waals surface area contributed by atoms with E-state index in [4.69, 9.17) is 4.74 Å². The summed E-state index contributed by atoms with van der Waals surface area (Å²) in [6.07, 6.45) is 11.1. The Morgan fingerprint density at radius 3 is 3.07 bits per heavy atom. The van der Waals surface area contributed by atoms with Crippen LogP contribution in [0, 0.1) is 0 Å². The molecular weight excluding hydrogens is 186 g/mol. The molecule has 1 N–H and O–H groups in total. The van der Waals surface area contributed by atoms with Gasteiger partial charge < -0.3 is 10.1 Å². The highest BCUT2D eigenvalue weighted by atomic mass is 16.5. The van der Waals surface area contributed by atoms with Crippen molar-refractivity contribution in [2.24, 2.45) is 0 Å². The van der Waals surface area contributed by atoms with Gasteiger partial charge in [0.05, 0.1) is 12.2 Å². The van der Waals surface area contributed by atoms with E-state index in [1.165, 1.54) is 38.5 Å². The van der Waals surface area contributed by atoms with Crippen molar-refractivity contribution >= 4 is 0 Å². The summed E-state index contributed by atoms with van der Waals surface area (Å²) in [5.41, 5.74) is 1.66. The first-order valence-electron chi connectivity index (χ1n) is 6.38. The lowest BCUT2D eigenvalue weighted by molar-refractivity contribution is 0.0562. The predicted octanol–water partition coefficient (Wildman–Crippen LogP) is 2.64. The van der Waals surface area contributed by atoms with Gasteiger partial charge in [-0.15, -0.1) is 0 Å². The first kappa shape index (κ1) is 11.2. The van der Waals surface area contributed by atoms with Gasteiger partial charge in [0.1, 0.15) is 0 Å². The summed E-state index contributed by atoms with van der Waals surface area (Å²) in [6.45, 7) is 4.33. The fourth-order valence-electron chi connectivity index (χ4n) is 2.51. The minimum Gasteiger partial charge on any atom is -0.374 e. The molecule has 2 nitrogen and oxygen atoms in total. The maximum absolute atomic E-state index is 5.76. The molecular formula is C13H23NO. The fourth-order valence-corrected chi connectivity index (χ4v) is 2.51. The molecule has 0 spiro atoms. The van der Waals surface area contributed by atoms with Crippen LogP contribution in [0.4, 0.5) is 0 Å². The van der Waals surface area contributed by atoms with E-state index in [-0.39, 0.29) is 0 Å². The lowest BCUT2D eigenvalue weighted by atomic mass is 10.1. The van der Waals surface area contributed by atoms with Crippen molar-refractivity contribution in [1.82, 2.24) is 5.32 Å². The Hall–Kier alpha value is -0.340. The first-order chi connectivity index (χ1) is 7.34. The number of allylic oxidation sites excluding steroid dienone is 1. The number of hydrogen-bond acceptors (Lipinski definition) is 2. The summed E-state index contributed by atoms with van der Waals surface area (Å²) in [4.78, 5) is 0. The van der Waals surface area contributed by atoms with Gasteiger partial charge in [-0.2, -0.15) is 0 Å². The molecule has 0 aromatic rings. The van der Waals surface area contributed by atoms with E-state index >= 15 is 0 Å².